The molecule has 1 heterocycles. The first-order valence-corrected chi connectivity index (χ1v) is 4.79. The van der Waals surface area contributed by atoms with Crippen LogP contribution in [0.1, 0.15) is 5.56 Å². The SMILES string of the molecule is NC(=S)Cc1cccc2cccnc12. The Labute approximate surface area is 87.8 Å². The zero-order chi connectivity index (χ0) is 9.97. The molecule has 0 radical (unpaired) electrons. The quantitative estimate of drug-likeness (QED) is 0.758. The Morgan fingerprint density at radius 1 is 1.29 bits per heavy atom. The summed E-state index contributed by atoms with van der Waals surface area (Å²) in [6, 6.07) is 10.00. The van der Waals surface area contributed by atoms with Crippen molar-refractivity contribution >= 4 is 28.1 Å². The zero-order valence-electron chi connectivity index (χ0n) is 7.60. The van der Waals surface area contributed by atoms with Crippen molar-refractivity contribution in [3.05, 3.63) is 42.1 Å². The van der Waals surface area contributed by atoms with Crippen LogP contribution < -0.4 is 5.73 Å². The zero-order valence-corrected chi connectivity index (χ0v) is 8.42. The highest BCUT2D eigenvalue weighted by molar-refractivity contribution is 7.80. The maximum Gasteiger partial charge on any atom is 0.0772 e. The normalized spacial score (nSPS) is 10.3. The highest BCUT2D eigenvalue weighted by Crippen LogP contribution is 2.16. The van der Waals surface area contributed by atoms with Crippen LogP contribution in [0.15, 0.2) is 36.5 Å². The molecule has 1 aromatic carbocycles. The van der Waals surface area contributed by atoms with Gasteiger partial charge in [0, 0.05) is 18.0 Å². The smallest absolute Gasteiger partial charge is 0.0772 e. The lowest BCUT2D eigenvalue weighted by atomic mass is 10.1. The number of rotatable bonds is 2. The van der Waals surface area contributed by atoms with Gasteiger partial charge in [0.2, 0.25) is 0 Å². The van der Waals surface area contributed by atoms with Gasteiger partial charge in [0.1, 0.15) is 0 Å². The third kappa shape index (κ3) is 1.72. The first kappa shape index (κ1) is 9.09. The molecule has 0 amide bonds. The Balaban J connectivity index is 2.59. The first-order valence-electron chi connectivity index (χ1n) is 4.38. The molecule has 3 heteroatoms. The van der Waals surface area contributed by atoms with E-state index in [4.69, 9.17) is 18.0 Å². The van der Waals surface area contributed by atoms with E-state index >= 15 is 0 Å². The summed E-state index contributed by atoms with van der Waals surface area (Å²) in [4.78, 5) is 4.82. The predicted octanol–water partition coefficient (Wildman–Crippen LogP) is 2.06. The molecule has 0 aliphatic rings. The third-order valence-corrected chi connectivity index (χ3v) is 2.23. The van der Waals surface area contributed by atoms with Crippen LogP contribution in [0.4, 0.5) is 0 Å². The highest BCUT2D eigenvalue weighted by atomic mass is 32.1. The van der Waals surface area contributed by atoms with Crippen molar-refractivity contribution in [1.82, 2.24) is 4.98 Å². The number of hydrogen-bond donors (Lipinski definition) is 1. The van der Waals surface area contributed by atoms with Gasteiger partial charge >= 0.3 is 0 Å². The molecule has 2 nitrogen and oxygen atoms in total. The first-order chi connectivity index (χ1) is 6.77. The van der Waals surface area contributed by atoms with Crippen LogP contribution in [0.3, 0.4) is 0 Å². The summed E-state index contributed by atoms with van der Waals surface area (Å²) in [7, 11) is 0. The van der Waals surface area contributed by atoms with Crippen LogP contribution >= 0.6 is 12.2 Å². The van der Waals surface area contributed by atoms with Crippen molar-refractivity contribution in [2.45, 2.75) is 6.42 Å². The van der Waals surface area contributed by atoms with Crippen molar-refractivity contribution in [2.75, 3.05) is 0 Å². The molecule has 2 aromatic rings. The number of nitrogens with zero attached hydrogens (tertiary/aromatic N) is 1. The molecule has 14 heavy (non-hydrogen) atoms. The van der Waals surface area contributed by atoms with E-state index in [9.17, 15) is 0 Å². The molecule has 0 atom stereocenters. The molecule has 1 aromatic heterocycles. The number of nitrogens with two attached hydrogens (primary N) is 1. The Bertz CT molecular complexity index is 474. The average Bonchev–Trinajstić information content (AvgIpc) is 2.18. The molecule has 0 unspecified atom stereocenters. The fraction of sp³-hybridized carbons (Fsp3) is 0.0909. The Hall–Kier alpha value is -1.48. The number of pyridine rings is 1. The summed E-state index contributed by atoms with van der Waals surface area (Å²) in [5.74, 6) is 0. The van der Waals surface area contributed by atoms with Gasteiger partial charge in [0.15, 0.2) is 0 Å². The lowest BCUT2D eigenvalue weighted by Crippen LogP contribution is -2.11. The molecule has 0 aliphatic heterocycles. The van der Waals surface area contributed by atoms with E-state index in [-0.39, 0.29) is 0 Å². The monoisotopic (exact) mass is 202 g/mol. The van der Waals surface area contributed by atoms with Gasteiger partial charge in [0.05, 0.1) is 10.5 Å². The largest absolute Gasteiger partial charge is 0.393 e. The lowest BCUT2D eigenvalue weighted by Gasteiger charge is -2.03. The lowest BCUT2D eigenvalue weighted by molar-refractivity contribution is 1.30. The second-order valence-corrected chi connectivity index (χ2v) is 3.66. The number of hydrogen-bond acceptors (Lipinski definition) is 2. The molecular weight excluding hydrogens is 192 g/mol. The molecule has 0 spiro atoms. The minimum Gasteiger partial charge on any atom is -0.393 e. The molecule has 0 saturated carbocycles. The van der Waals surface area contributed by atoms with Crippen LogP contribution in [-0.2, 0) is 6.42 Å². The summed E-state index contributed by atoms with van der Waals surface area (Å²) >= 11 is 4.89. The Morgan fingerprint density at radius 3 is 2.86 bits per heavy atom. The number of thiocarbonyl (C=S) groups is 1. The van der Waals surface area contributed by atoms with Crippen molar-refractivity contribution in [1.29, 1.82) is 0 Å². The van der Waals surface area contributed by atoms with Crippen molar-refractivity contribution in [3.8, 4) is 0 Å². The second kappa shape index (κ2) is 3.72. The average molecular weight is 202 g/mol. The van der Waals surface area contributed by atoms with E-state index in [1.54, 1.807) is 6.20 Å². The summed E-state index contributed by atoms with van der Waals surface area (Å²) in [5.41, 5.74) is 7.60. The van der Waals surface area contributed by atoms with E-state index in [0.29, 0.717) is 11.4 Å². The Kier molecular flexibility index (Phi) is 2.41. The van der Waals surface area contributed by atoms with E-state index < -0.39 is 0 Å². The van der Waals surface area contributed by atoms with Gasteiger partial charge in [-0.2, -0.15) is 0 Å². The van der Waals surface area contributed by atoms with Gasteiger partial charge in [-0.1, -0.05) is 36.5 Å². The van der Waals surface area contributed by atoms with Crippen LogP contribution in [0.2, 0.25) is 0 Å². The number of aromatic nitrogens is 1. The minimum atomic E-state index is 0.503. The molecule has 0 saturated heterocycles. The van der Waals surface area contributed by atoms with Crippen molar-refractivity contribution in [3.63, 3.8) is 0 Å². The molecule has 0 fully saturated rings. The minimum absolute atomic E-state index is 0.503. The standard InChI is InChI=1S/C11H10N2S/c12-10(14)7-9-4-1-3-8-5-2-6-13-11(8)9/h1-6H,7H2,(H2,12,14). The molecular formula is C11H10N2S. The van der Waals surface area contributed by atoms with E-state index in [1.165, 1.54) is 0 Å². The van der Waals surface area contributed by atoms with Gasteiger partial charge in [-0.05, 0) is 11.6 Å². The van der Waals surface area contributed by atoms with E-state index in [0.717, 1.165) is 16.5 Å². The number of fused-ring (bicyclic) bond motifs is 1. The van der Waals surface area contributed by atoms with E-state index in [1.807, 2.05) is 30.3 Å². The second-order valence-electron chi connectivity index (χ2n) is 3.14. The van der Waals surface area contributed by atoms with E-state index in [2.05, 4.69) is 4.98 Å². The Morgan fingerprint density at radius 2 is 2.07 bits per heavy atom. The summed E-state index contributed by atoms with van der Waals surface area (Å²) in [5, 5.41) is 1.13. The van der Waals surface area contributed by atoms with Crippen molar-refractivity contribution in [2.24, 2.45) is 5.73 Å². The maximum absolute atomic E-state index is 5.52. The molecule has 70 valence electrons. The topological polar surface area (TPSA) is 38.9 Å². The van der Waals surface area contributed by atoms with Gasteiger partial charge in [-0.25, -0.2) is 0 Å². The number of para-hydroxylation sites is 1. The highest BCUT2D eigenvalue weighted by Gasteiger charge is 2.01. The van der Waals surface area contributed by atoms with Gasteiger partial charge < -0.3 is 5.73 Å². The van der Waals surface area contributed by atoms with Crippen LogP contribution in [0.25, 0.3) is 10.9 Å². The molecule has 2 rings (SSSR count). The van der Waals surface area contributed by atoms with Crippen LogP contribution in [0, 0.1) is 0 Å². The van der Waals surface area contributed by atoms with Crippen LogP contribution in [-0.4, -0.2) is 9.97 Å². The van der Waals surface area contributed by atoms with Gasteiger partial charge in [-0.15, -0.1) is 0 Å². The fourth-order valence-corrected chi connectivity index (χ4v) is 1.65. The van der Waals surface area contributed by atoms with Gasteiger partial charge in [-0.3, -0.25) is 4.98 Å². The molecule has 0 bridgehead atoms. The maximum atomic E-state index is 5.52. The predicted molar refractivity (Wildman–Crippen MR) is 62.2 cm³/mol. The third-order valence-electron chi connectivity index (χ3n) is 2.08. The summed E-state index contributed by atoms with van der Waals surface area (Å²) < 4.78 is 0. The van der Waals surface area contributed by atoms with Gasteiger partial charge in [0.25, 0.3) is 0 Å². The number of benzene rings is 1. The summed E-state index contributed by atoms with van der Waals surface area (Å²) in [6.07, 6.45) is 2.40. The molecule has 2 N–H and O–H groups in total. The summed E-state index contributed by atoms with van der Waals surface area (Å²) in [6.45, 7) is 0. The molecule has 0 aliphatic carbocycles. The van der Waals surface area contributed by atoms with Crippen LogP contribution in [0.5, 0.6) is 0 Å². The van der Waals surface area contributed by atoms with Crippen molar-refractivity contribution < 1.29 is 0 Å². The fourth-order valence-electron chi connectivity index (χ4n) is 1.50.